The van der Waals surface area contributed by atoms with Gasteiger partial charge in [0.05, 0.1) is 0 Å². The molecule has 5 heteroatoms. The molecule has 94 valence electrons. The van der Waals surface area contributed by atoms with Crippen LogP contribution in [0.25, 0.3) is 0 Å². The highest BCUT2D eigenvalue weighted by Crippen LogP contribution is 2.30. The third kappa shape index (κ3) is 2.79. The molecule has 0 saturated carbocycles. The third-order valence-electron chi connectivity index (χ3n) is 2.34. The van der Waals surface area contributed by atoms with Crippen molar-refractivity contribution < 1.29 is 8.78 Å². The largest absolute Gasteiger partial charge is 0.371 e. The third-order valence-corrected chi connectivity index (χ3v) is 3.31. The van der Waals surface area contributed by atoms with Crippen LogP contribution in [0.1, 0.15) is 5.56 Å². The van der Waals surface area contributed by atoms with E-state index in [9.17, 15) is 8.78 Å². The fraction of sp³-hybridized carbons (Fsp3) is 0.154. The molecule has 0 fully saturated rings. The summed E-state index contributed by atoms with van der Waals surface area (Å²) < 4.78 is 26.9. The van der Waals surface area contributed by atoms with Gasteiger partial charge in [-0.15, -0.1) is 0 Å². The van der Waals surface area contributed by atoms with Crippen molar-refractivity contribution in [1.82, 2.24) is 4.98 Å². The van der Waals surface area contributed by atoms with E-state index < -0.39 is 11.6 Å². The van der Waals surface area contributed by atoms with Crippen molar-refractivity contribution in [3.63, 3.8) is 0 Å². The number of rotatable bonds is 3. The van der Waals surface area contributed by atoms with Crippen LogP contribution in [-0.2, 0) is 0 Å². The molecule has 1 heterocycles. The summed E-state index contributed by atoms with van der Waals surface area (Å²) in [6.07, 6.45) is 0. The zero-order chi connectivity index (χ0) is 13.1. The van der Waals surface area contributed by atoms with E-state index >= 15 is 0 Å². The number of halogens is 2. The molecule has 18 heavy (non-hydrogen) atoms. The van der Waals surface area contributed by atoms with Gasteiger partial charge in [-0.2, -0.15) is 0 Å². The molecule has 0 bridgehead atoms. The minimum absolute atomic E-state index is 0.0477. The average molecular weight is 266 g/mol. The first kappa shape index (κ1) is 12.8. The first-order valence-electron chi connectivity index (χ1n) is 5.38. The van der Waals surface area contributed by atoms with E-state index in [1.165, 1.54) is 11.8 Å². The number of hydrogen-bond acceptors (Lipinski definition) is 3. The fourth-order valence-electron chi connectivity index (χ4n) is 1.49. The van der Waals surface area contributed by atoms with Gasteiger partial charge < -0.3 is 5.32 Å². The molecule has 0 unspecified atom stereocenters. The molecule has 0 aliphatic heterocycles. The Kier molecular flexibility index (Phi) is 3.81. The first-order valence-corrected chi connectivity index (χ1v) is 6.20. The summed E-state index contributed by atoms with van der Waals surface area (Å²) in [6, 6.07) is 8.47. The van der Waals surface area contributed by atoms with Gasteiger partial charge in [-0.1, -0.05) is 29.5 Å². The molecule has 0 radical (unpaired) electrons. The maximum absolute atomic E-state index is 13.6. The van der Waals surface area contributed by atoms with E-state index in [2.05, 4.69) is 10.3 Å². The molecule has 2 rings (SSSR count). The van der Waals surface area contributed by atoms with Crippen LogP contribution in [0.2, 0.25) is 0 Å². The smallest absolute Gasteiger partial charge is 0.168 e. The lowest BCUT2D eigenvalue weighted by molar-refractivity contribution is 0.551. The van der Waals surface area contributed by atoms with Gasteiger partial charge >= 0.3 is 0 Å². The summed E-state index contributed by atoms with van der Waals surface area (Å²) in [6.45, 7) is 1.96. The van der Waals surface area contributed by atoms with Crippen LogP contribution in [0.5, 0.6) is 0 Å². The molecular weight excluding hydrogens is 254 g/mol. The highest BCUT2D eigenvalue weighted by molar-refractivity contribution is 7.99. The van der Waals surface area contributed by atoms with Gasteiger partial charge in [0, 0.05) is 18.0 Å². The minimum Gasteiger partial charge on any atom is -0.371 e. The van der Waals surface area contributed by atoms with Gasteiger partial charge in [0.2, 0.25) is 0 Å². The second-order valence-electron chi connectivity index (χ2n) is 3.77. The maximum atomic E-state index is 13.6. The molecule has 1 aromatic carbocycles. The average Bonchev–Trinajstić information content (AvgIpc) is 2.33. The summed E-state index contributed by atoms with van der Waals surface area (Å²) in [5.74, 6) is -1.30. The Bertz CT molecular complexity index is 573. The Labute approximate surface area is 108 Å². The highest BCUT2D eigenvalue weighted by atomic mass is 32.2. The van der Waals surface area contributed by atoms with Crippen LogP contribution in [0, 0.1) is 18.6 Å². The monoisotopic (exact) mass is 266 g/mol. The van der Waals surface area contributed by atoms with Crippen molar-refractivity contribution in [2.75, 3.05) is 12.4 Å². The molecule has 2 aromatic rings. The standard InChI is InChI=1S/C13H12F2N2S/c1-8-4-3-5-9(6-8)18-13-11(15)7-10(14)12(16-2)17-13/h3-7H,1-2H3,(H,16,17). The second kappa shape index (κ2) is 5.35. The van der Waals surface area contributed by atoms with Crippen LogP contribution < -0.4 is 5.32 Å². The molecule has 0 atom stereocenters. The number of nitrogens with one attached hydrogen (secondary N) is 1. The Hall–Kier alpha value is -1.62. The molecule has 0 spiro atoms. The predicted octanol–water partition coefficient (Wildman–Crippen LogP) is 3.86. The topological polar surface area (TPSA) is 24.9 Å². The number of hydrogen-bond donors (Lipinski definition) is 1. The lowest BCUT2D eigenvalue weighted by Gasteiger charge is -2.07. The Morgan fingerprint density at radius 1 is 1.17 bits per heavy atom. The van der Waals surface area contributed by atoms with Crippen molar-refractivity contribution in [2.45, 2.75) is 16.8 Å². The molecule has 1 N–H and O–H groups in total. The summed E-state index contributed by atoms with van der Waals surface area (Å²) >= 11 is 1.17. The summed E-state index contributed by atoms with van der Waals surface area (Å²) in [4.78, 5) is 4.79. The normalized spacial score (nSPS) is 10.4. The number of anilines is 1. The predicted molar refractivity (Wildman–Crippen MR) is 69.0 cm³/mol. The van der Waals surface area contributed by atoms with Gasteiger partial charge in [-0.3, -0.25) is 0 Å². The van der Waals surface area contributed by atoms with Crippen LogP contribution in [0.4, 0.5) is 14.6 Å². The van der Waals surface area contributed by atoms with Crippen LogP contribution in [0.3, 0.4) is 0 Å². The van der Waals surface area contributed by atoms with Crippen LogP contribution in [-0.4, -0.2) is 12.0 Å². The number of benzene rings is 1. The van der Waals surface area contributed by atoms with E-state index in [1.54, 1.807) is 7.05 Å². The number of aromatic nitrogens is 1. The van der Waals surface area contributed by atoms with Gasteiger partial charge in [0.1, 0.15) is 5.03 Å². The van der Waals surface area contributed by atoms with Crippen molar-refractivity contribution in [3.05, 3.63) is 47.5 Å². The Morgan fingerprint density at radius 3 is 2.61 bits per heavy atom. The van der Waals surface area contributed by atoms with E-state index in [1.807, 2.05) is 31.2 Å². The quantitative estimate of drug-likeness (QED) is 0.913. The lowest BCUT2D eigenvalue weighted by Crippen LogP contribution is -1.99. The van der Waals surface area contributed by atoms with Crippen molar-refractivity contribution in [2.24, 2.45) is 0 Å². The van der Waals surface area contributed by atoms with Gasteiger partial charge in [0.25, 0.3) is 0 Å². The van der Waals surface area contributed by atoms with E-state index in [4.69, 9.17) is 0 Å². The first-order chi connectivity index (χ1) is 8.60. The lowest BCUT2D eigenvalue weighted by atomic mass is 10.2. The molecule has 0 aliphatic rings. The van der Waals surface area contributed by atoms with Crippen LogP contribution in [0.15, 0.2) is 40.3 Å². The van der Waals surface area contributed by atoms with Crippen molar-refractivity contribution in [3.8, 4) is 0 Å². The van der Waals surface area contributed by atoms with Gasteiger partial charge in [-0.25, -0.2) is 13.8 Å². The molecular formula is C13H12F2N2S. The van der Waals surface area contributed by atoms with Gasteiger partial charge in [-0.05, 0) is 19.1 Å². The van der Waals surface area contributed by atoms with Crippen LogP contribution >= 0.6 is 11.8 Å². The van der Waals surface area contributed by atoms with E-state index in [0.29, 0.717) is 0 Å². The summed E-state index contributed by atoms with van der Waals surface area (Å²) in [5.41, 5.74) is 1.08. The number of nitrogens with zero attached hydrogens (tertiary/aromatic N) is 1. The minimum atomic E-state index is -0.691. The fourth-order valence-corrected chi connectivity index (χ4v) is 2.40. The molecule has 1 aromatic heterocycles. The number of pyridine rings is 1. The molecule has 0 saturated heterocycles. The van der Waals surface area contributed by atoms with Crippen molar-refractivity contribution >= 4 is 17.6 Å². The Morgan fingerprint density at radius 2 is 1.94 bits per heavy atom. The maximum Gasteiger partial charge on any atom is 0.168 e. The second-order valence-corrected chi connectivity index (χ2v) is 4.84. The zero-order valence-corrected chi connectivity index (χ0v) is 10.8. The molecule has 0 amide bonds. The SMILES string of the molecule is CNc1nc(Sc2cccc(C)c2)c(F)cc1F. The summed E-state index contributed by atoms with van der Waals surface area (Å²) in [5, 5.41) is 2.75. The Balaban J connectivity index is 2.34. The zero-order valence-electron chi connectivity index (χ0n) is 10.00. The van der Waals surface area contributed by atoms with Gasteiger partial charge in [0.15, 0.2) is 17.5 Å². The summed E-state index contributed by atoms with van der Waals surface area (Å²) in [7, 11) is 1.55. The highest BCUT2D eigenvalue weighted by Gasteiger charge is 2.12. The van der Waals surface area contributed by atoms with E-state index in [0.717, 1.165) is 16.5 Å². The molecule has 0 aliphatic carbocycles. The molecule has 2 nitrogen and oxygen atoms in total. The van der Waals surface area contributed by atoms with Crippen molar-refractivity contribution in [1.29, 1.82) is 0 Å². The number of aryl methyl sites for hydroxylation is 1. The van der Waals surface area contributed by atoms with E-state index in [-0.39, 0.29) is 10.8 Å².